The van der Waals surface area contributed by atoms with Gasteiger partial charge < -0.3 is 15.4 Å². The SMILES string of the molecule is O=C(NCCc1cnc(C2CC2)nc1)N[C@H]1CCO[C@H](C2CC2)C1. The van der Waals surface area contributed by atoms with Crippen LogP contribution in [-0.2, 0) is 11.2 Å². The van der Waals surface area contributed by atoms with Crippen LogP contribution in [0.4, 0.5) is 4.79 Å². The molecule has 2 atom stereocenters. The topological polar surface area (TPSA) is 76.1 Å². The van der Waals surface area contributed by atoms with Crippen LogP contribution in [0.2, 0.25) is 0 Å². The Labute approximate surface area is 142 Å². The highest BCUT2D eigenvalue weighted by atomic mass is 16.5. The first-order chi connectivity index (χ1) is 11.8. The molecule has 6 nitrogen and oxygen atoms in total. The van der Waals surface area contributed by atoms with Gasteiger partial charge in [-0.2, -0.15) is 0 Å². The maximum Gasteiger partial charge on any atom is 0.315 e. The normalized spacial score (nSPS) is 26.8. The molecule has 0 unspecified atom stereocenters. The summed E-state index contributed by atoms with van der Waals surface area (Å²) in [5.74, 6) is 2.28. The quantitative estimate of drug-likeness (QED) is 0.838. The zero-order chi connectivity index (χ0) is 16.4. The second-order valence-electron chi connectivity index (χ2n) is 7.34. The molecule has 2 aliphatic carbocycles. The van der Waals surface area contributed by atoms with Crippen molar-refractivity contribution < 1.29 is 9.53 Å². The zero-order valence-corrected chi connectivity index (χ0v) is 14.0. The smallest absolute Gasteiger partial charge is 0.315 e. The molecule has 130 valence electrons. The minimum atomic E-state index is -0.0769. The Bertz CT molecular complexity index is 569. The van der Waals surface area contributed by atoms with E-state index in [1.165, 1.54) is 25.7 Å². The zero-order valence-electron chi connectivity index (χ0n) is 14.0. The molecule has 0 aromatic carbocycles. The van der Waals surface area contributed by atoms with Gasteiger partial charge in [-0.3, -0.25) is 0 Å². The minimum Gasteiger partial charge on any atom is -0.378 e. The van der Waals surface area contributed by atoms with E-state index in [0.29, 0.717) is 18.6 Å². The number of nitrogens with zero attached hydrogens (tertiary/aromatic N) is 2. The van der Waals surface area contributed by atoms with Crippen LogP contribution < -0.4 is 10.6 Å². The van der Waals surface area contributed by atoms with Crippen LogP contribution in [0.3, 0.4) is 0 Å². The third-order valence-corrected chi connectivity index (χ3v) is 5.17. The molecule has 1 aliphatic heterocycles. The predicted molar refractivity (Wildman–Crippen MR) is 89.7 cm³/mol. The van der Waals surface area contributed by atoms with Gasteiger partial charge in [-0.15, -0.1) is 0 Å². The predicted octanol–water partition coefficient (Wildman–Crippen LogP) is 2.15. The number of ether oxygens (including phenoxy) is 1. The Morgan fingerprint density at radius 3 is 2.67 bits per heavy atom. The summed E-state index contributed by atoms with van der Waals surface area (Å²) in [5.41, 5.74) is 1.07. The van der Waals surface area contributed by atoms with Crippen LogP contribution in [0.25, 0.3) is 0 Å². The molecule has 1 aromatic heterocycles. The molecule has 3 aliphatic rings. The van der Waals surface area contributed by atoms with Crippen molar-refractivity contribution in [3.05, 3.63) is 23.8 Å². The summed E-state index contributed by atoms with van der Waals surface area (Å²) in [6.07, 6.45) is 11.8. The molecule has 1 saturated heterocycles. The number of carbonyl (C=O) groups is 1. The van der Waals surface area contributed by atoms with Gasteiger partial charge in [-0.05, 0) is 56.4 Å². The van der Waals surface area contributed by atoms with Gasteiger partial charge >= 0.3 is 6.03 Å². The van der Waals surface area contributed by atoms with Crippen molar-refractivity contribution in [2.75, 3.05) is 13.2 Å². The van der Waals surface area contributed by atoms with Crippen LogP contribution >= 0.6 is 0 Å². The van der Waals surface area contributed by atoms with Gasteiger partial charge in [0.05, 0.1) is 6.10 Å². The first kappa shape index (κ1) is 15.8. The highest BCUT2D eigenvalue weighted by molar-refractivity contribution is 5.74. The fraction of sp³-hybridized carbons (Fsp3) is 0.722. The molecule has 2 N–H and O–H groups in total. The molecule has 24 heavy (non-hydrogen) atoms. The number of hydrogen-bond acceptors (Lipinski definition) is 4. The molecule has 3 fully saturated rings. The fourth-order valence-corrected chi connectivity index (χ4v) is 3.36. The fourth-order valence-electron chi connectivity index (χ4n) is 3.36. The van der Waals surface area contributed by atoms with E-state index in [0.717, 1.165) is 43.2 Å². The maximum atomic E-state index is 12.1. The lowest BCUT2D eigenvalue weighted by Crippen LogP contribution is -2.47. The van der Waals surface area contributed by atoms with E-state index in [4.69, 9.17) is 4.74 Å². The number of hydrogen-bond donors (Lipinski definition) is 2. The number of nitrogens with one attached hydrogen (secondary N) is 2. The van der Waals surface area contributed by atoms with Crippen LogP contribution in [0.15, 0.2) is 12.4 Å². The molecule has 2 amide bonds. The van der Waals surface area contributed by atoms with E-state index in [-0.39, 0.29) is 12.1 Å². The molecule has 2 saturated carbocycles. The minimum absolute atomic E-state index is 0.0769. The second-order valence-corrected chi connectivity index (χ2v) is 7.34. The Kier molecular flexibility index (Phi) is 4.65. The standard InChI is InChI=1S/C18H26N4O2/c23-18(22-15-6-8-24-16(9-15)13-1-2-13)19-7-5-12-10-20-17(21-11-12)14-3-4-14/h10-11,13-16H,1-9H2,(H2,19,22,23)/t15-,16-/m0/s1. The largest absolute Gasteiger partial charge is 0.378 e. The highest BCUT2D eigenvalue weighted by Gasteiger charge is 2.36. The van der Waals surface area contributed by atoms with Gasteiger partial charge in [-0.1, -0.05) is 0 Å². The highest BCUT2D eigenvalue weighted by Crippen LogP contribution is 2.38. The van der Waals surface area contributed by atoms with Crippen LogP contribution in [0, 0.1) is 5.92 Å². The lowest BCUT2D eigenvalue weighted by Gasteiger charge is -2.30. The summed E-state index contributed by atoms with van der Waals surface area (Å²) in [4.78, 5) is 20.9. The summed E-state index contributed by atoms with van der Waals surface area (Å²) in [6.45, 7) is 1.37. The number of urea groups is 1. The molecule has 1 aromatic rings. The molecule has 0 radical (unpaired) electrons. The number of amides is 2. The molecular formula is C18H26N4O2. The van der Waals surface area contributed by atoms with E-state index < -0.39 is 0 Å². The van der Waals surface area contributed by atoms with Crippen molar-refractivity contribution in [2.45, 2.75) is 63.0 Å². The average Bonchev–Trinajstić information content (AvgIpc) is 3.49. The van der Waals surface area contributed by atoms with Gasteiger partial charge in [0.15, 0.2) is 0 Å². The van der Waals surface area contributed by atoms with Crippen molar-refractivity contribution in [2.24, 2.45) is 5.92 Å². The van der Waals surface area contributed by atoms with Crippen molar-refractivity contribution >= 4 is 6.03 Å². The van der Waals surface area contributed by atoms with Crippen molar-refractivity contribution in [1.29, 1.82) is 0 Å². The Balaban J connectivity index is 1.16. The van der Waals surface area contributed by atoms with Gasteiger partial charge in [0.1, 0.15) is 5.82 Å². The number of rotatable bonds is 6. The Morgan fingerprint density at radius 1 is 1.17 bits per heavy atom. The summed E-state index contributed by atoms with van der Waals surface area (Å²) >= 11 is 0. The Morgan fingerprint density at radius 2 is 1.96 bits per heavy atom. The van der Waals surface area contributed by atoms with Gasteiger partial charge in [-0.25, -0.2) is 14.8 Å². The van der Waals surface area contributed by atoms with E-state index >= 15 is 0 Å². The first-order valence-electron chi connectivity index (χ1n) is 9.24. The third-order valence-electron chi connectivity index (χ3n) is 5.17. The summed E-state index contributed by atoms with van der Waals surface area (Å²) in [5, 5.41) is 6.03. The lowest BCUT2D eigenvalue weighted by atomic mass is 10.0. The van der Waals surface area contributed by atoms with Crippen LogP contribution in [0.1, 0.15) is 55.8 Å². The number of aromatic nitrogens is 2. The van der Waals surface area contributed by atoms with Crippen molar-refractivity contribution in [1.82, 2.24) is 20.6 Å². The summed E-state index contributed by atoms with van der Waals surface area (Å²) in [6, 6.07) is 0.164. The first-order valence-corrected chi connectivity index (χ1v) is 9.24. The van der Waals surface area contributed by atoms with Crippen molar-refractivity contribution in [3.8, 4) is 0 Å². The summed E-state index contributed by atoms with van der Waals surface area (Å²) in [7, 11) is 0. The van der Waals surface area contributed by atoms with E-state index in [2.05, 4.69) is 20.6 Å². The molecule has 0 spiro atoms. The summed E-state index contributed by atoms with van der Waals surface area (Å²) < 4.78 is 5.80. The average molecular weight is 330 g/mol. The maximum absolute atomic E-state index is 12.1. The molecule has 2 heterocycles. The number of carbonyl (C=O) groups excluding carboxylic acids is 1. The monoisotopic (exact) mass is 330 g/mol. The molecule has 4 rings (SSSR count). The van der Waals surface area contributed by atoms with E-state index in [1.807, 2.05) is 12.4 Å². The van der Waals surface area contributed by atoms with Gasteiger partial charge in [0, 0.05) is 37.5 Å². The Hall–Kier alpha value is -1.69. The molecule has 6 heteroatoms. The van der Waals surface area contributed by atoms with Crippen LogP contribution in [0.5, 0.6) is 0 Å². The van der Waals surface area contributed by atoms with Gasteiger partial charge in [0.2, 0.25) is 0 Å². The molecular weight excluding hydrogens is 304 g/mol. The van der Waals surface area contributed by atoms with Crippen LogP contribution in [-0.4, -0.2) is 41.3 Å². The van der Waals surface area contributed by atoms with E-state index in [1.54, 1.807) is 0 Å². The van der Waals surface area contributed by atoms with Crippen molar-refractivity contribution in [3.63, 3.8) is 0 Å². The third kappa shape index (κ3) is 4.23. The molecule has 0 bridgehead atoms. The lowest BCUT2D eigenvalue weighted by molar-refractivity contribution is -0.00913. The van der Waals surface area contributed by atoms with E-state index in [9.17, 15) is 4.79 Å². The van der Waals surface area contributed by atoms with Gasteiger partial charge in [0.25, 0.3) is 0 Å². The second kappa shape index (κ2) is 7.05.